The van der Waals surface area contributed by atoms with Crippen LogP contribution in [0.4, 0.5) is 17.1 Å². The number of nitrogens with one attached hydrogen (secondary N) is 2. The number of hydrogen-bond acceptors (Lipinski definition) is 14. The van der Waals surface area contributed by atoms with Crippen molar-refractivity contribution in [1.82, 2.24) is 14.8 Å². The maximum atomic E-state index is 13.7. The first-order chi connectivity index (χ1) is 28.4. The van der Waals surface area contributed by atoms with Crippen LogP contribution < -0.4 is 29.6 Å². The summed E-state index contributed by atoms with van der Waals surface area (Å²) >= 11 is 0. The minimum Gasteiger partial charge on any atom is -0.493 e. The van der Waals surface area contributed by atoms with Crippen molar-refractivity contribution in [3.63, 3.8) is 0 Å². The topological polar surface area (TPSA) is 184 Å². The second kappa shape index (κ2) is 19.7. The van der Waals surface area contributed by atoms with E-state index in [1.54, 1.807) is 40.1 Å². The average Bonchev–Trinajstić information content (AvgIpc) is 3.83. The van der Waals surface area contributed by atoms with Gasteiger partial charge in [-0.15, -0.1) is 0 Å². The Labute approximate surface area is 349 Å². The monoisotopic (exact) mass is 846 g/mol. The van der Waals surface area contributed by atoms with Crippen molar-refractivity contribution in [2.45, 2.75) is 43.2 Å². The smallest absolute Gasteiger partial charge is 0.287 e. The van der Waals surface area contributed by atoms with E-state index in [2.05, 4.69) is 35.4 Å². The Bertz CT molecular complexity index is 2130. The lowest BCUT2D eigenvalue weighted by Crippen LogP contribution is -2.40. The fourth-order valence-corrected chi connectivity index (χ4v) is 8.36. The third-order valence-corrected chi connectivity index (χ3v) is 11.9. The molecule has 0 aliphatic carbocycles. The molecule has 3 aliphatic heterocycles. The van der Waals surface area contributed by atoms with E-state index < -0.39 is 11.0 Å². The number of nitrogens with zero attached hydrogens (tertiary/aromatic N) is 4. The van der Waals surface area contributed by atoms with Gasteiger partial charge in [0, 0.05) is 43.6 Å². The Kier molecular flexibility index (Phi) is 14.3. The number of hydrogen-bond donors (Lipinski definition) is 2. The summed E-state index contributed by atoms with van der Waals surface area (Å²) in [5.74, 6) is 1.71. The molecule has 2 fully saturated rings. The molecule has 3 aliphatic rings. The summed E-state index contributed by atoms with van der Waals surface area (Å²) in [6.07, 6.45) is 4.50. The average molecular weight is 847 g/mol. The zero-order valence-electron chi connectivity index (χ0n) is 32.9. The molecule has 4 heterocycles. The van der Waals surface area contributed by atoms with Crippen LogP contribution in [0.3, 0.4) is 0 Å². The second-order valence-corrected chi connectivity index (χ2v) is 16.3. The Balaban J connectivity index is 1.02. The van der Waals surface area contributed by atoms with E-state index in [0.717, 1.165) is 24.0 Å². The molecule has 1 unspecified atom stereocenters. The van der Waals surface area contributed by atoms with E-state index in [-0.39, 0.29) is 29.3 Å². The number of methoxy groups -OCH3 is 2. The second-order valence-electron chi connectivity index (χ2n) is 13.9. The molecule has 2 N–H and O–H groups in total. The maximum absolute atomic E-state index is 13.7. The molecule has 18 heteroatoms. The number of unbranched alkanes of at least 4 members (excludes halogenated alkanes) is 2. The normalized spacial score (nSPS) is 15.9. The van der Waals surface area contributed by atoms with Crippen LogP contribution >= 0.6 is 21.6 Å². The zero-order chi connectivity index (χ0) is 42.1. The number of ether oxygens (including phenoxy) is 5. The Hall–Kier alpha value is -5.88. The van der Waals surface area contributed by atoms with Crippen molar-refractivity contribution in [1.29, 1.82) is 0 Å². The minimum atomic E-state index is -0.588. The Morgan fingerprint density at radius 1 is 0.983 bits per heavy atom. The number of anilines is 2. The molecule has 3 aromatic rings. The van der Waals surface area contributed by atoms with Crippen molar-refractivity contribution < 1.29 is 43.0 Å². The quantitative estimate of drug-likeness (QED) is 0.0293. The van der Waals surface area contributed by atoms with Gasteiger partial charge in [-0.3, -0.25) is 24.5 Å². The van der Waals surface area contributed by atoms with Crippen molar-refractivity contribution >= 4 is 56.4 Å². The van der Waals surface area contributed by atoms with Crippen LogP contribution in [0, 0.1) is 10.1 Å². The summed E-state index contributed by atoms with van der Waals surface area (Å²) in [7, 11) is 5.86. The number of carbonyl (C=O) groups excluding carboxylic acids is 3. The van der Waals surface area contributed by atoms with Gasteiger partial charge < -0.3 is 44.1 Å². The van der Waals surface area contributed by atoms with Crippen LogP contribution in [0.5, 0.6) is 23.0 Å². The number of fused-ring (bicyclic) bond motifs is 2. The minimum absolute atomic E-state index is 0.0706. The molecule has 1 atom stereocenters. The van der Waals surface area contributed by atoms with Gasteiger partial charge in [-0.05, 0) is 67.7 Å². The molecule has 16 nitrogen and oxygen atoms in total. The third-order valence-electron chi connectivity index (χ3n) is 9.68. The van der Waals surface area contributed by atoms with Crippen molar-refractivity contribution in [2.75, 3.05) is 70.1 Å². The summed E-state index contributed by atoms with van der Waals surface area (Å²) < 4.78 is 29.3. The van der Waals surface area contributed by atoms with Gasteiger partial charge >= 0.3 is 0 Å². The van der Waals surface area contributed by atoms with Gasteiger partial charge in [0.15, 0.2) is 28.9 Å². The number of aromatic nitrogens is 1. The first kappa shape index (κ1) is 42.7. The first-order valence-corrected chi connectivity index (χ1v) is 21.2. The third kappa shape index (κ3) is 10.6. The van der Waals surface area contributed by atoms with Crippen LogP contribution in [0.25, 0.3) is 0 Å². The number of benzene rings is 2. The van der Waals surface area contributed by atoms with Gasteiger partial charge in [-0.1, -0.05) is 35.1 Å². The van der Waals surface area contributed by atoms with Crippen LogP contribution in [0.2, 0.25) is 0 Å². The molecule has 3 amide bonds. The molecule has 6 rings (SSSR count). The first-order valence-electron chi connectivity index (χ1n) is 18.9. The van der Waals surface area contributed by atoms with E-state index in [1.807, 2.05) is 0 Å². The summed E-state index contributed by atoms with van der Waals surface area (Å²) in [4.78, 5) is 57.7. The van der Waals surface area contributed by atoms with E-state index in [4.69, 9.17) is 23.7 Å². The molecule has 312 valence electrons. The lowest BCUT2D eigenvalue weighted by Gasteiger charge is -2.21. The van der Waals surface area contributed by atoms with E-state index >= 15 is 0 Å². The molecule has 2 saturated heterocycles. The highest BCUT2D eigenvalue weighted by molar-refractivity contribution is 8.76. The van der Waals surface area contributed by atoms with Crippen molar-refractivity contribution in [2.24, 2.45) is 0 Å². The fourth-order valence-electron chi connectivity index (χ4n) is 6.67. The maximum Gasteiger partial charge on any atom is 0.287 e. The molecular formula is C41H46N6O10S2. The highest BCUT2D eigenvalue weighted by Crippen LogP contribution is 2.39. The van der Waals surface area contributed by atoms with Crippen LogP contribution in [0.1, 0.15) is 52.8 Å². The Morgan fingerprint density at radius 2 is 1.71 bits per heavy atom. The van der Waals surface area contributed by atoms with E-state index in [0.29, 0.717) is 115 Å². The number of amides is 3. The van der Waals surface area contributed by atoms with Gasteiger partial charge in [0.25, 0.3) is 17.5 Å². The zero-order valence-corrected chi connectivity index (χ0v) is 34.5. The van der Waals surface area contributed by atoms with Gasteiger partial charge in [0.1, 0.15) is 17.3 Å². The van der Waals surface area contributed by atoms with Gasteiger partial charge in [0.2, 0.25) is 5.91 Å². The molecular weight excluding hydrogens is 801 g/mol. The SMILES string of the molecule is C=C1CCN(C(=O)c2cc(OC)c(OCCCCCOc3cc4c(cc3OC)C(=O)N3CC(=C)CC3C(=O)N4)cc2NC(=C)OCCSSc2ccc([N+](=O)[O-])cn2)C1. The van der Waals surface area contributed by atoms with Crippen molar-refractivity contribution in [3.8, 4) is 23.0 Å². The summed E-state index contributed by atoms with van der Waals surface area (Å²) in [6.45, 7) is 14.3. The Morgan fingerprint density at radius 3 is 2.37 bits per heavy atom. The number of carbonyl (C=O) groups is 3. The molecule has 0 bridgehead atoms. The summed E-state index contributed by atoms with van der Waals surface area (Å²) in [6, 6.07) is 9.00. The lowest BCUT2D eigenvalue weighted by atomic mass is 10.1. The van der Waals surface area contributed by atoms with Crippen LogP contribution in [-0.4, -0.2) is 103 Å². The summed E-state index contributed by atoms with van der Waals surface area (Å²) in [5.41, 5.74) is 3.27. The predicted molar refractivity (Wildman–Crippen MR) is 226 cm³/mol. The largest absolute Gasteiger partial charge is 0.493 e. The lowest BCUT2D eigenvalue weighted by molar-refractivity contribution is -0.385. The van der Waals surface area contributed by atoms with E-state index in [9.17, 15) is 24.5 Å². The standard InChI is InChI=1S/C41H46N6O10S2/c1-25-11-12-45(23-25)40(49)29-18-34(53-4)36(20-31(29)43-27(3)55-15-16-58-59-38-10-9-28(22-42-38)47(51)52)56-13-7-6-8-14-57-37-21-32-30(19-35(37)54-5)41(50)46-24-26(2)17-33(46)39(48)44-32/h9-10,18-22,33,43H,1-3,6-8,11-17,23-24H2,4-5H3,(H,44,48). The highest BCUT2D eigenvalue weighted by atomic mass is 33.1. The van der Waals surface area contributed by atoms with Crippen LogP contribution in [-0.2, 0) is 9.53 Å². The number of rotatable bonds is 20. The van der Waals surface area contributed by atoms with Crippen molar-refractivity contribution in [3.05, 3.63) is 101 Å². The number of likely N-dealkylation sites (tertiary alicyclic amines) is 1. The highest BCUT2D eigenvalue weighted by Gasteiger charge is 2.40. The molecule has 0 radical (unpaired) electrons. The fraction of sp³-hybridized carbons (Fsp3) is 0.366. The molecule has 0 spiro atoms. The predicted octanol–water partition coefficient (Wildman–Crippen LogP) is 7.10. The summed E-state index contributed by atoms with van der Waals surface area (Å²) in [5, 5.41) is 17.5. The number of nitro groups is 1. The molecule has 1 aromatic heterocycles. The van der Waals surface area contributed by atoms with Gasteiger partial charge in [-0.2, -0.15) is 0 Å². The van der Waals surface area contributed by atoms with Gasteiger partial charge in [-0.25, -0.2) is 4.98 Å². The number of pyridine rings is 1. The molecule has 2 aromatic carbocycles. The molecule has 59 heavy (non-hydrogen) atoms. The van der Waals surface area contributed by atoms with Gasteiger partial charge in [0.05, 0.1) is 61.5 Å². The van der Waals surface area contributed by atoms with E-state index in [1.165, 1.54) is 48.1 Å². The van der Waals surface area contributed by atoms with Crippen LogP contribution in [0.15, 0.2) is 84.4 Å². The molecule has 0 saturated carbocycles.